The molecule has 67 heavy (non-hydrogen) atoms. The van der Waals surface area contributed by atoms with Gasteiger partial charge in [0.05, 0.1) is 28.1 Å². The lowest BCUT2D eigenvalue weighted by Gasteiger charge is -2.42. The first-order valence-corrected chi connectivity index (χ1v) is 24.2. The van der Waals surface area contributed by atoms with Crippen LogP contribution >= 0.6 is 7.14 Å². The molecule has 11 aromatic rings. The van der Waals surface area contributed by atoms with E-state index in [1.807, 2.05) is 91.0 Å². The first kappa shape index (κ1) is 40.1. The molecule has 4 nitrogen and oxygen atoms in total. The maximum Gasteiger partial charge on any atom is 0.171 e. The van der Waals surface area contributed by atoms with Crippen LogP contribution in [-0.2, 0) is 9.98 Å². The van der Waals surface area contributed by atoms with Crippen molar-refractivity contribution in [1.29, 1.82) is 5.26 Å². The zero-order chi connectivity index (χ0) is 45.0. The molecule has 0 radical (unpaired) electrons. The molecule has 0 unspecified atom stereocenters. The summed E-state index contributed by atoms with van der Waals surface area (Å²) < 4.78 is 24.5. The van der Waals surface area contributed by atoms with E-state index in [2.05, 4.69) is 168 Å². The van der Waals surface area contributed by atoms with Gasteiger partial charge >= 0.3 is 0 Å². The summed E-state index contributed by atoms with van der Waals surface area (Å²) in [5.74, 6) is 1.58. The molecule has 5 heteroatoms. The van der Waals surface area contributed by atoms with E-state index in [-0.39, 0.29) is 0 Å². The van der Waals surface area contributed by atoms with Gasteiger partial charge in [-0.05, 0) is 100 Å². The average Bonchev–Trinajstić information content (AvgIpc) is 3.74. The Morgan fingerprint density at radius 2 is 0.836 bits per heavy atom. The molecule has 1 aliphatic heterocycles. The second-order valence-corrected chi connectivity index (χ2v) is 19.8. The first-order chi connectivity index (χ1) is 33.0. The van der Waals surface area contributed by atoms with Gasteiger partial charge in [-0.25, -0.2) is 0 Å². The molecule has 0 atom stereocenters. The van der Waals surface area contributed by atoms with Crippen molar-refractivity contribution in [2.24, 2.45) is 0 Å². The molecule has 0 aliphatic carbocycles. The summed E-state index contributed by atoms with van der Waals surface area (Å²) >= 11 is 0. The Balaban J connectivity index is 1.04. The number of rotatable bonds is 8. The van der Waals surface area contributed by atoms with E-state index >= 15 is 4.57 Å². The van der Waals surface area contributed by atoms with Crippen molar-refractivity contribution in [2.45, 2.75) is 5.41 Å². The number of nitriles is 1. The van der Waals surface area contributed by atoms with Crippen LogP contribution in [0.1, 0.15) is 27.8 Å². The van der Waals surface area contributed by atoms with Crippen LogP contribution in [0.25, 0.3) is 49.7 Å². The molecule has 12 rings (SSSR count). The minimum absolute atomic E-state index is 0.625. The molecule has 0 N–H and O–H groups in total. The smallest absolute Gasteiger partial charge is 0.171 e. The zero-order valence-corrected chi connectivity index (χ0v) is 37.2. The maximum absolute atomic E-state index is 15.3. The SMILES string of the molecule is N#Cc1ccc2c(c1)c1cc(-c3ccc4c(c3)C(c3ccccc3)(c3ccccc3)c3cc(-c5ccc(P(=O)(c6ccccc6)c6ccccc6)cc5)ccc3O4)ccc1n2-c1ccccc1. The van der Waals surface area contributed by atoms with Crippen molar-refractivity contribution < 1.29 is 9.30 Å². The van der Waals surface area contributed by atoms with E-state index in [1.165, 1.54) is 0 Å². The third-order valence-corrected chi connectivity index (χ3v) is 16.5. The van der Waals surface area contributed by atoms with Gasteiger partial charge < -0.3 is 13.9 Å². The van der Waals surface area contributed by atoms with Crippen LogP contribution in [0.5, 0.6) is 11.5 Å². The van der Waals surface area contributed by atoms with Gasteiger partial charge in [-0.1, -0.05) is 182 Å². The van der Waals surface area contributed by atoms with Crippen LogP contribution in [0.15, 0.2) is 249 Å². The summed E-state index contributed by atoms with van der Waals surface area (Å²) in [6.07, 6.45) is 0. The number of ether oxygens (including phenoxy) is 1. The molecular formula is C62H41N2O2P. The predicted octanol–water partition coefficient (Wildman–Crippen LogP) is 14.1. The summed E-state index contributed by atoms with van der Waals surface area (Å²) in [5.41, 5.74) is 11.5. The molecule has 0 amide bonds. The Bertz CT molecular complexity index is 3650. The fourth-order valence-corrected chi connectivity index (χ4v) is 13.0. The van der Waals surface area contributed by atoms with Crippen LogP contribution in [0.4, 0.5) is 0 Å². The monoisotopic (exact) mass is 876 g/mol. The quantitative estimate of drug-likeness (QED) is 0.143. The standard InChI is InChI=1S/C62H41N2O2P/c63-42-43-26-34-58-54(38-43)55-39-45(29-35-59(55)64(58)50-20-10-3-11-21-50)47-31-37-61-57(41-47)62(48-16-6-1-7-17-48,49-18-8-2-9-19-49)56-40-46(30-36-60(56)66-61)44-27-32-53(33-28-44)67(65,51-22-12-4-13-23-51)52-24-14-5-15-25-52/h1-41H. The highest BCUT2D eigenvalue weighted by Gasteiger charge is 2.46. The van der Waals surface area contributed by atoms with Crippen molar-refractivity contribution in [3.63, 3.8) is 0 Å². The van der Waals surface area contributed by atoms with Gasteiger partial charge in [0.15, 0.2) is 7.14 Å². The lowest BCUT2D eigenvalue weighted by atomic mass is 9.63. The van der Waals surface area contributed by atoms with E-state index in [4.69, 9.17) is 4.74 Å². The predicted molar refractivity (Wildman–Crippen MR) is 274 cm³/mol. The normalized spacial score (nSPS) is 12.8. The Morgan fingerprint density at radius 3 is 1.37 bits per heavy atom. The van der Waals surface area contributed by atoms with Crippen LogP contribution in [0.2, 0.25) is 0 Å². The zero-order valence-electron chi connectivity index (χ0n) is 36.3. The van der Waals surface area contributed by atoms with Gasteiger partial charge in [0.25, 0.3) is 0 Å². The lowest BCUT2D eigenvalue weighted by Crippen LogP contribution is -2.34. The van der Waals surface area contributed by atoms with Crippen molar-refractivity contribution >= 4 is 44.9 Å². The number of aromatic nitrogens is 1. The third kappa shape index (κ3) is 6.47. The number of nitrogens with zero attached hydrogens (tertiary/aromatic N) is 2. The Hall–Kier alpha value is -8.48. The fourth-order valence-electron chi connectivity index (χ4n) is 10.3. The second-order valence-electron chi connectivity index (χ2n) is 17.1. The van der Waals surface area contributed by atoms with Crippen molar-refractivity contribution in [3.8, 4) is 45.5 Å². The lowest BCUT2D eigenvalue weighted by molar-refractivity contribution is 0.435. The number of para-hydroxylation sites is 1. The van der Waals surface area contributed by atoms with Crippen molar-refractivity contribution in [1.82, 2.24) is 4.57 Å². The Morgan fingerprint density at radius 1 is 0.418 bits per heavy atom. The molecule has 0 bridgehead atoms. The summed E-state index contributed by atoms with van der Waals surface area (Å²) in [6.45, 7) is 0. The Labute approximate surface area is 389 Å². The van der Waals surface area contributed by atoms with Gasteiger partial charge in [-0.3, -0.25) is 0 Å². The molecular weight excluding hydrogens is 836 g/mol. The summed E-state index contributed by atoms with van der Waals surface area (Å²) in [4.78, 5) is 0. The molecule has 10 aromatic carbocycles. The van der Waals surface area contributed by atoms with Crippen LogP contribution < -0.4 is 20.7 Å². The molecule has 1 aromatic heterocycles. The average molecular weight is 877 g/mol. The molecule has 316 valence electrons. The van der Waals surface area contributed by atoms with Gasteiger partial charge in [-0.15, -0.1) is 0 Å². The van der Waals surface area contributed by atoms with Crippen molar-refractivity contribution in [2.75, 3.05) is 0 Å². The molecule has 2 heterocycles. The highest BCUT2D eigenvalue weighted by atomic mass is 31.2. The number of hydrogen-bond acceptors (Lipinski definition) is 3. The minimum Gasteiger partial charge on any atom is -0.457 e. The van der Waals surface area contributed by atoms with Gasteiger partial charge in [0.2, 0.25) is 0 Å². The molecule has 0 saturated carbocycles. The Kier molecular flexibility index (Phi) is 9.68. The highest BCUT2D eigenvalue weighted by Crippen LogP contribution is 2.57. The largest absolute Gasteiger partial charge is 0.457 e. The molecule has 0 spiro atoms. The molecule has 0 saturated heterocycles. The third-order valence-electron chi connectivity index (χ3n) is 13.4. The first-order valence-electron chi connectivity index (χ1n) is 22.5. The number of benzene rings is 10. The van der Waals surface area contributed by atoms with Gasteiger partial charge in [-0.2, -0.15) is 5.26 Å². The highest BCUT2D eigenvalue weighted by molar-refractivity contribution is 7.85. The van der Waals surface area contributed by atoms with Crippen LogP contribution in [0, 0.1) is 11.3 Å². The number of fused-ring (bicyclic) bond motifs is 5. The number of hydrogen-bond donors (Lipinski definition) is 0. The van der Waals surface area contributed by atoms with Gasteiger partial charge in [0.1, 0.15) is 11.5 Å². The van der Waals surface area contributed by atoms with E-state index < -0.39 is 12.6 Å². The second kappa shape index (κ2) is 16.2. The summed E-state index contributed by atoms with van der Waals surface area (Å²) in [6, 6.07) is 87.8. The van der Waals surface area contributed by atoms with Crippen LogP contribution in [-0.4, -0.2) is 4.57 Å². The topological polar surface area (TPSA) is 55.0 Å². The van der Waals surface area contributed by atoms with E-state index in [0.29, 0.717) is 5.56 Å². The van der Waals surface area contributed by atoms with E-state index in [0.717, 1.165) is 99.4 Å². The van der Waals surface area contributed by atoms with Crippen LogP contribution in [0.3, 0.4) is 0 Å². The molecule has 0 fully saturated rings. The van der Waals surface area contributed by atoms with E-state index in [9.17, 15) is 5.26 Å². The maximum atomic E-state index is 15.3. The molecule has 1 aliphatic rings. The fraction of sp³-hybridized carbons (Fsp3) is 0.0161. The summed E-state index contributed by atoms with van der Waals surface area (Å²) in [7, 11) is -3.15. The van der Waals surface area contributed by atoms with Crippen molar-refractivity contribution in [3.05, 3.63) is 277 Å². The minimum atomic E-state index is -3.15. The summed E-state index contributed by atoms with van der Waals surface area (Å²) in [5, 5.41) is 14.5. The van der Waals surface area contributed by atoms with Gasteiger partial charge in [0, 0.05) is 43.5 Å². The van der Waals surface area contributed by atoms with E-state index in [1.54, 1.807) is 0 Å².